The van der Waals surface area contributed by atoms with E-state index < -0.39 is 21.5 Å². The summed E-state index contributed by atoms with van der Waals surface area (Å²) < 4.78 is 33.9. The summed E-state index contributed by atoms with van der Waals surface area (Å²) in [6, 6.07) is 10.8. The largest absolute Gasteiger partial charge is 0.454 e. The minimum absolute atomic E-state index is 0.129. The van der Waals surface area contributed by atoms with Crippen LogP contribution in [0.3, 0.4) is 0 Å². The Balaban J connectivity index is 1.86. The second kappa shape index (κ2) is 7.10. The Morgan fingerprint density at radius 1 is 1.16 bits per heavy atom. The normalized spacial score (nSPS) is 12.8. The minimum atomic E-state index is -3.43. The van der Waals surface area contributed by atoms with Crippen molar-refractivity contribution in [1.29, 1.82) is 0 Å². The van der Waals surface area contributed by atoms with Crippen LogP contribution in [0.5, 0.6) is 11.5 Å². The lowest BCUT2D eigenvalue weighted by Gasteiger charge is -2.23. The monoisotopic (exact) mass is 362 g/mol. The molecule has 1 aliphatic rings. The van der Waals surface area contributed by atoms with Crippen molar-refractivity contribution in [2.75, 3.05) is 18.8 Å². The van der Waals surface area contributed by atoms with E-state index in [4.69, 9.17) is 9.47 Å². The van der Waals surface area contributed by atoms with E-state index in [9.17, 15) is 13.2 Å². The van der Waals surface area contributed by atoms with Gasteiger partial charge in [0.1, 0.15) is 5.75 Å². The smallest absolute Gasteiger partial charge is 0.238 e. The summed E-state index contributed by atoms with van der Waals surface area (Å²) in [4.78, 5) is 18.2. The van der Waals surface area contributed by atoms with Crippen molar-refractivity contribution in [3.05, 3.63) is 53.9 Å². The molecule has 1 aliphatic heterocycles. The molecule has 8 heteroatoms. The van der Waals surface area contributed by atoms with E-state index in [1.807, 2.05) is 18.2 Å². The third-order valence-corrected chi connectivity index (χ3v) is 4.43. The highest BCUT2D eigenvalue weighted by Gasteiger charge is 2.23. The zero-order valence-electron chi connectivity index (χ0n) is 13.7. The van der Waals surface area contributed by atoms with Gasteiger partial charge in [-0.2, -0.15) is 0 Å². The minimum Gasteiger partial charge on any atom is -0.454 e. The molecule has 0 radical (unpaired) electrons. The third-order valence-electron chi connectivity index (χ3n) is 3.66. The molecule has 0 saturated heterocycles. The van der Waals surface area contributed by atoms with Crippen LogP contribution in [0.15, 0.2) is 42.6 Å². The summed E-state index contributed by atoms with van der Waals surface area (Å²) in [7, 11) is -3.43. The standard InChI is InChI=1S/C17H18N2O5S/c1-25(21,22)11-16(20)19(10-14-6-2-3-8-18-14)9-13-5-4-7-15-17(13)24-12-23-15/h2-8H,9-12H2,1H3. The van der Waals surface area contributed by atoms with Gasteiger partial charge in [-0.25, -0.2) is 8.42 Å². The number of nitrogens with zero attached hydrogens (tertiary/aromatic N) is 2. The van der Waals surface area contributed by atoms with Gasteiger partial charge in [-0.1, -0.05) is 18.2 Å². The summed E-state index contributed by atoms with van der Waals surface area (Å²) in [6.45, 7) is 0.543. The average Bonchev–Trinajstić information content (AvgIpc) is 3.03. The highest BCUT2D eigenvalue weighted by molar-refractivity contribution is 7.91. The molecule has 2 aromatic rings. The molecule has 132 valence electrons. The Morgan fingerprint density at radius 2 is 2.00 bits per heavy atom. The second-order valence-electron chi connectivity index (χ2n) is 5.79. The third kappa shape index (κ3) is 4.48. The molecule has 7 nitrogen and oxygen atoms in total. The number of amides is 1. The number of aromatic nitrogens is 1. The van der Waals surface area contributed by atoms with Crippen LogP contribution >= 0.6 is 0 Å². The van der Waals surface area contributed by atoms with E-state index in [1.165, 1.54) is 4.90 Å². The zero-order valence-corrected chi connectivity index (χ0v) is 14.5. The van der Waals surface area contributed by atoms with Gasteiger partial charge >= 0.3 is 0 Å². The van der Waals surface area contributed by atoms with E-state index in [2.05, 4.69) is 4.98 Å². The van der Waals surface area contributed by atoms with Crippen LogP contribution in [0, 0.1) is 0 Å². The molecule has 0 bridgehead atoms. The number of hydrogen-bond donors (Lipinski definition) is 0. The van der Waals surface area contributed by atoms with Crippen LogP contribution in [0.1, 0.15) is 11.3 Å². The predicted octanol–water partition coefficient (Wildman–Crippen LogP) is 1.38. The molecular formula is C17H18N2O5S. The first-order valence-corrected chi connectivity index (χ1v) is 9.71. The van der Waals surface area contributed by atoms with Gasteiger partial charge in [0.25, 0.3) is 0 Å². The molecule has 0 spiro atoms. The number of para-hydroxylation sites is 1. The fourth-order valence-electron chi connectivity index (χ4n) is 2.56. The van der Waals surface area contributed by atoms with Crippen molar-refractivity contribution in [2.45, 2.75) is 13.1 Å². The molecule has 0 aliphatic carbocycles. The Hall–Kier alpha value is -2.61. The van der Waals surface area contributed by atoms with E-state index in [1.54, 1.807) is 24.4 Å². The lowest BCUT2D eigenvalue weighted by molar-refractivity contribution is -0.129. The number of carbonyl (C=O) groups is 1. The predicted molar refractivity (Wildman–Crippen MR) is 90.8 cm³/mol. The second-order valence-corrected chi connectivity index (χ2v) is 7.93. The van der Waals surface area contributed by atoms with Gasteiger partial charge in [0.05, 0.1) is 12.2 Å². The van der Waals surface area contributed by atoms with Crippen LogP contribution in [0.2, 0.25) is 0 Å². The Bertz CT molecular complexity index is 868. The molecule has 0 atom stereocenters. The van der Waals surface area contributed by atoms with Crippen molar-refractivity contribution in [3.8, 4) is 11.5 Å². The first-order chi connectivity index (χ1) is 11.9. The van der Waals surface area contributed by atoms with E-state index in [0.29, 0.717) is 17.2 Å². The summed E-state index contributed by atoms with van der Waals surface area (Å²) in [5.74, 6) is 0.169. The van der Waals surface area contributed by atoms with E-state index in [-0.39, 0.29) is 19.9 Å². The van der Waals surface area contributed by atoms with Gasteiger partial charge in [0.2, 0.25) is 12.7 Å². The Kier molecular flexibility index (Phi) is 4.89. The fraction of sp³-hybridized carbons (Fsp3) is 0.294. The lowest BCUT2D eigenvalue weighted by Crippen LogP contribution is -2.35. The zero-order chi connectivity index (χ0) is 17.9. The van der Waals surface area contributed by atoms with Gasteiger partial charge < -0.3 is 14.4 Å². The van der Waals surface area contributed by atoms with Crippen molar-refractivity contribution in [1.82, 2.24) is 9.88 Å². The van der Waals surface area contributed by atoms with Crippen molar-refractivity contribution >= 4 is 15.7 Å². The van der Waals surface area contributed by atoms with E-state index >= 15 is 0 Å². The van der Waals surface area contributed by atoms with Crippen LogP contribution in [0.4, 0.5) is 0 Å². The van der Waals surface area contributed by atoms with Gasteiger partial charge in [-0.05, 0) is 18.2 Å². The van der Waals surface area contributed by atoms with Crippen LogP contribution in [-0.4, -0.2) is 43.0 Å². The number of fused-ring (bicyclic) bond motifs is 1. The Labute approximate surface area is 146 Å². The van der Waals surface area contributed by atoms with Crippen LogP contribution in [-0.2, 0) is 27.7 Å². The molecule has 1 amide bonds. The molecule has 1 aromatic heterocycles. The average molecular weight is 362 g/mol. The van der Waals surface area contributed by atoms with E-state index in [0.717, 1.165) is 11.8 Å². The fourth-order valence-corrected chi connectivity index (χ4v) is 3.19. The van der Waals surface area contributed by atoms with Crippen molar-refractivity contribution in [2.24, 2.45) is 0 Å². The van der Waals surface area contributed by atoms with Gasteiger partial charge in [-0.15, -0.1) is 0 Å². The van der Waals surface area contributed by atoms with Gasteiger partial charge in [-0.3, -0.25) is 9.78 Å². The first kappa shape index (κ1) is 17.2. The number of benzene rings is 1. The Morgan fingerprint density at radius 3 is 2.72 bits per heavy atom. The number of rotatable bonds is 6. The molecule has 2 heterocycles. The maximum Gasteiger partial charge on any atom is 0.238 e. The summed E-state index contributed by atoms with van der Waals surface area (Å²) in [5, 5.41) is 0. The number of hydrogen-bond acceptors (Lipinski definition) is 6. The van der Waals surface area contributed by atoms with Crippen LogP contribution in [0.25, 0.3) is 0 Å². The maximum absolute atomic E-state index is 12.5. The van der Waals surface area contributed by atoms with Crippen molar-refractivity contribution in [3.63, 3.8) is 0 Å². The van der Waals surface area contributed by atoms with Crippen LogP contribution < -0.4 is 9.47 Å². The highest BCUT2D eigenvalue weighted by atomic mass is 32.2. The molecule has 1 aromatic carbocycles. The number of carbonyl (C=O) groups excluding carboxylic acids is 1. The molecule has 0 fully saturated rings. The maximum atomic E-state index is 12.5. The lowest BCUT2D eigenvalue weighted by atomic mass is 10.1. The first-order valence-electron chi connectivity index (χ1n) is 7.65. The molecule has 0 unspecified atom stereocenters. The highest BCUT2D eigenvalue weighted by Crippen LogP contribution is 2.36. The number of pyridine rings is 1. The molecule has 0 saturated carbocycles. The topological polar surface area (TPSA) is 85.8 Å². The summed E-state index contributed by atoms with van der Waals surface area (Å²) in [6.07, 6.45) is 2.67. The summed E-state index contributed by atoms with van der Waals surface area (Å²) in [5.41, 5.74) is 1.43. The number of ether oxygens (including phenoxy) is 2. The SMILES string of the molecule is CS(=O)(=O)CC(=O)N(Cc1ccccn1)Cc1cccc2c1OCO2. The molecular weight excluding hydrogens is 344 g/mol. The summed E-state index contributed by atoms with van der Waals surface area (Å²) >= 11 is 0. The van der Waals surface area contributed by atoms with Gasteiger partial charge in [0, 0.05) is 24.6 Å². The number of sulfone groups is 1. The quantitative estimate of drug-likeness (QED) is 0.772. The molecule has 3 rings (SSSR count). The van der Waals surface area contributed by atoms with Gasteiger partial charge in [0.15, 0.2) is 21.3 Å². The molecule has 25 heavy (non-hydrogen) atoms. The molecule has 0 N–H and O–H groups in total. The van der Waals surface area contributed by atoms with Crippen molar-refractivity contribution < 1.29 is 22.7 Å².